The highest BCUT2D eigenvalue weighted by Gasteiger charge is 2.20. The van der Waals surface area contributed by atoms with Crippen LogP contribution in [0.15, 0.2) is 18.2 Å². The molecule has 1 unspecified atom stereocenters. The van der Waals surface area contributed by atoms with E-state index >= 15 is 0 Å². The summed E-state index contributed by atoms with van der Waals surface area (Å²) in [5.41, 5.74) is 0.446. The lowest BCUT2D eigenvalue weighted by atomic mass is 10.2. The number of ether oxygens (including phenoxy) is 2. The number of halogens is 1. The topological polar surface area (TPSA) is 117 Å². The summed E-state index contributed by atoms with van der Waals surface area (Å²) in [5, 5.41) is 23.3. The number of carbonyl (C=O) groups is 2. The smallest absolute Gasteiger partial charge is 0.321 e. The third kappa shape index (κ3) is 7.14. The van der Waals surface area contributed by atoms with Crippen molar-refractivity contribution in [2.45, 2.75) is 12.5 Å². The first kappa shape index (κ1) is 20.2. The van der Waals surface area contributed by atoms with E-state index in [2.05, 4.69) is 10.6 Å². The van der Waals surface area contributed by atoms with Crippen LogP contribution in [0.5, 0.6) is 5.75 Å². The van der Waals surface area contributed by atoms with E-state index in [9.17, 15) is 9.59 Å². The maximum absolute atomic E-state index is 12.0. The molecule has 0 aliphatic heterocycles. The van der Waals surface area contributed by atoms with Gasteiger partial charge >= 0.3 is 5.97 Å². The number of hydrogen-bond donors (Lipinski definition) is 4. The van der Waals surface area contributed by atoms with E-state index in [1.165, 1.54) is 13.2 Å². The van der Waals surface area contributed by atoms with Gasteiger partial charge in [-0.2, -0.15) is 0 Å². The van der Waals surface area contributed by atoms with Crippen molar-refractivity contribution in [2.24, 2.45) is 0 Å². The number of methoxy groups -OCH3 is 1. The lowest BCUT2D eigenvalue weighted by Crippen LogP contribution is -2.41. The lowest BCUT2D eigenvalue weighted by Gasteiger charge is -2.14. The van der Waals surface area contributed by atoms with E-state index in [4.69, 9.17) is 31.3 Å². The zero-order valence-electron chi connectivity index (χ0n) is 13.3. The Kier molecular flexibility index (Phi) is 9.10. The molecule has 4 N–H and O–H groups in total. The monoisotopic (exact) mass is 360 g/mol. The second kappa shape index (κ2) is 10.8. The molecule has 0 aromatic heterocycles. The second-order valence-corrected chi connectivity index (χ2v) is 5.19. The highest BCUT2D eigenvalue weighted by atomic mass is 35.5. The number of rotatable bonds is 11. The summed E-state index contributed by atoms with van der Waals surface area (Å²) in [6.45, 7) is 0.561. The molecule has 0 heterocycles. The molecule has 0 spiro atoms. The van der Waals surface area contributed by atoms with Crippen LogP contribution in [-0.4, -0.2) is 61.6 Å². The van der Waals surface area contributed by atoms with Crippen LogP contribution >= 0.6 is 11.6 Å². The van der Waals surface area contributed by atoms with E-state index < -0.39 is 17.9 Å². The van der Waals surface area contributed by atoms with Gasteiger partial charge in [-0.15, -0.1) is 0 Å². The van der Waals surface area contributed by atoms with Crippen LogP contribution in [0.25, 0.3) is 0 Å². The standard InChI is InChI=1S/C15H21ClN2O6/c1-23-13-3-2-10(8-11(13)16)18-14(20)9-12(15(21)22)17-4-6-24-7-5-19/h2-3,8,12,17,19H,4-7,9H2,1H3,(H,18,20)(H,21,22). The molecule has 0 saturated carbocycles. The van der Waals surface area contributed by atoms with Crippen molar-refractivity contribution in [3.63, 3.8) is 0 Å². The molecule has 9 heteroatoms. The lowest BCUT2D eigenvalue weighted by molar-refractivity contribution is -0.141. The fraction of sp³-hybridized carbons (Fsp3) is 0.467. The van der Waals surface area contributed by atoms with Crippen LogP contribution in [0.3, 0.4) is 0 Å². The predicted molar refractivity (Wildman–Crippen MR) is 88.6 cm³/mol. The molecule has 8 nitrogen and oxygen atoms in total. The number of aliphatic hydroxyl groups excluding tert-OH is 1. The number of nitrogens with one attached hydrogen (secondary N) is 2. The summed E-state index contributed by atoms with van der Waals surface area (Å²) in [6, 6.07) is 3.68. The van der Waals surface area contributed by atoms with Crippen LogP contribution in [0.2, 0.25) is 5.02 Å². The minimum atomic E-state index is -1.14. The number of hydrogen-bond acceptors (Lipinski definition) is 6. The van der Waals surface area contributed by atoms with E-state index in [0.29, 0.717) is 16.5 Å². The molecule has 1 aromatic carbocycles. The second-order valence-electron chi connectivity index (χ2n) is 4.78. The Morgan fingerprint density at radius 2 is 2.08 bits per heavy atom. The fourth-order valence-electron chi connectivity index (χ4n) is 1.86. The van der Waals surface area contributed by atoms with Crippen LogP contribution in [0.1, 0.15) is 6.42 Å². The van der Waals surface area contributed by atoms with Gasteiger partial charge in [0.1, 0.15) is 11.8 Å². The van der Waals surface area contributed by atoms with Crippen molar-refractivity contribution < 1.29 is 29.3 Å². The molecule has 0 bridgehead atoms. The summed E-state index contributed by atoms with van der Waals surface area (Å²) >= 11 is 5.96. The molecule has 1 aromatic rings. The quantitative estimate of drug-likeness (QED) is 0.430. The number of aliphatic carboxylic acids is 1. The van der Waals surface area contributed by atoms with E-state index in [0.717, 1.165) is 0 Å². The molecule has 0 aliphatic rings. The number of benzene rings is 1. The van der Waals surface area contributed by atoms with Crippen molar-refractivity contribution in [3.05, 3.63) is 23.2 Å². The minimum Gasteiger partial charge on any atom is -0.495 e. The Bertz CT molecular complexity index is 555. The van der Waals surface area contributed by atoms with Gasteiger partial charge in [-0.3, -0.25) is 9.59 Å². The van der Waals surface area contributed by atoms with Crippen LogP contribution in [-0.2, 0) is 14.3 Å². The van der Waals surface area contributed by atoms with Crippen molar-refractivity contribution in [1.29, 1.82) is 0 Å². The fourth-order valence-corrected chi connectivity index (χ4v) is 2.12. The first-order valence-electron chi connectivity index (χ1n) is 7.26. The Morgan fingerprint density at radius 3 is 2.67 bits per heavy atom. The van der Waals surface area contributed by atoms with Crippen LogP contribution in [0, 0.1) is 0 Å². The molecule has 1 atom stereocenters. The van der Waals surface area contributed by atoms with Crippen molar-refractivity contribution in [2.75, 3.05) is 38.8 Å². The SMILES string of the molecule is COc1ccc(NC(=O)CC(NCCOCCO)C(=O)O)cc1Cl. The number of carboxylic acids is 1. The van der Waals surface area contributed by atoms with Crippen molar-refractivity contribution in [3.8, 4) is 5.75 Å². The van der Waals surface area contributed by atoms with Gasteiger partial charge in [-0.05, 0) is 18.2 Å². The van der Waals surface area contributed by atoms with E-state index in [-0.39, 0.29) is 32.8 Å². The molecule has 1 rings (SSSR count). The Labute approximate surface area is 144 Å². The van der Waals surface area contributed by atoms with Crippen LogP contribution < -0.4 is 15.4 Å². The molecule has 0 aliphatic carbocycles. The Balaban J connectivity index is 2.50. The van der Waals surface area contributed by atoms with Gasteiger partial charge in [0, 0.05) is 12.2 Å². The average molecular weight is 361 g/mol. The largest absolute Gasteiger partial charge is 0.495 e. The first-order chi connectivity index (χ1) is 11.5. The number of carbonyl (C=O) groups excluding carboxylic acids is 1. The summed E-state index contributed by atoms with van der Waals surface area (Å²) in [6.07, 6.45) is -0.251. The number of carboxylic acid groups (broad SMARTS) is 1. The van der Waals surface area contributed by atoms with E-state index in [1.807, 2.05) is 0 Å². The van der Waals surface area contributed by atoms with Gasteiger partial charge in [0.2, 0.25) is 5.91 Å². The zero-order chi connectivity index (χ0) is 17.9. The zero-order valence-corrected chi connectivity index (χ0v) is 14.0. The molecule has 0 fully saturated rings. The van der Waals surface area contributed by atoms with Gasteiger partial charge in [0.15, 0.2) is 0 Å². The molecule has 0 radical (unpaired) electrons. The van der Waals surface area contributed by atoms with Gasteiger partial charge < -0.3 is 30.3 Å². The summed E-state index contributed by atoms with van der Waals surface area (Å²) in [4.78, 5) is 23.2. The first-order valence-corrected chi connectivity index (χ1v) is 7.64. The number of aliphatic hydroxyl groups is 1. The average Bonchev–Trinajstić information content (AvgIpc) is 2.53. The van der Waals surface area contributed by atoms with Gasteiger partial charge in [0.25, 0.3) is 0 Å². The summed E-state index contributed by atoms with van der Waals surface area (Å²) < 4.78 is 10.0. The highest BCUT2D eigenvalue weighted by molar-refractivity contribution is 6.32. The Hall–Kier alpha value is -1.87. The Morgan fingerprint density at radius 1 is 1.33 bits per heavy atom. The molecule has 1 amide bonds. The highest BCUT2D eigenvalue weighted by Crippen LogP contribution is 2.27. The molecule has 0 saturated heterocycles. The van der Waals surface area contributed by atoms with Gasteiger partial charge in [-0.25, -0.2) is 0 Å². The molecular formula is C15H21ClN2O6. The van der Waals surface area contributed by atoms with E-state index in [1.54, 1.807) is 12.1 Å². The number of anilines is 1. The third-order valence-electron chi connectivity index (χ3n) is 3.00. The normalized spacial score (nSPS) is 11.8. The molecule has 24 heavy (non-hydrogen) atoms. The van der Waals surface area contributed by atoms with Crippen molar-refractivity contribution >= 4 is 29.2 Å². The predicted octanol–water partition coefficient (Wildman–Crippen LogP) is 0.729. The summed E-state index contributed by atoms with van der Waals surface area (Å²) in [5.74, 6) is -1.13. The van der Waals surface area contributed by atoms with Crippen LogP contribution in [0.4, 0.5) is 5.69 Å². The molecule has 134 valence electrons. The van der Waals surface area contributed by atoms with Crippen molar-refractivity contribution in [1.82, 2.24) is 5.32 Å². The minimum absolute atomic E-state index is 0.102. The third-order valence-corrected chi connectivity index (χ3v) is 3.29. The maximum Gasteiger partial charge on any atom is 0.321 e. The van der Waals surface area contributed by atoms with Gasteiger partial charge in [0.05, 0.1) is 38.4 Å². The summed E-state index contributed by atoms with van der Waals surface area (Å²) in [7, 11) is 1.48. The van der Waals surface area contributed by atoms with Gasteiger partial charge in [-0.1, -0.05) is 11.6 Å². The maximum atomic E-state index is 12.0. The molecular weight excluding hydrogens is 340 g/mol. The number of amides is 1.